The first-order valence-corrected chi connectivity index (χ1v) is 11.7. The van der Waals surface area contributed by atoms with Crippen molar-refractivity contribution in [1.29, 1.82) is 0 Å². The van der Waals surface area contributed by atoms with Crippen molar-refractivity contribution in [3.05, 3.63) is 67.8 Å². The third-order valence-electron chi connectivity index (χ3n) is 4.30. The normalized spacial score (nSPS) is 9.36. The van der Waals surface area contributed by atoms with Crippen LogP contribution in [0.3, 0.4) is 0 Å². The highest BCUT2D eigenvalue weighted by molar-refractivity contribution is 5.87. The molecule has 0 radical (unpaired) electrons. The van der Waals surface area contributed by atoms with Gasteiger partial charge >= 0.3 is 11.9 Å². The quantitative estimate of drug-likeness (QED) is 0.128. The molecule has 1 rings (SSSR count). The number of rotatable bonds is 14. The average molecular weight is 461 g/mol. The molecule has 0 bridgehead atoms. The smallest absolute Gasteiger partial charge is 0.333 e. The molecule has 0 amide bonds. The second kappa shape index (κ2) is 23.8. The molecule has 33 heavy (non-hydrogen) atoms. The van der Waals surface area contributed by atoms with E-state index in [4.69, 9.17) is 4.74 Å². The lowest BCUT2D eigenvalue weighted by molar-refractivity contribution is -0.137. The standard InChI is InChI=1S/C14H26O2.C8H10O.C6H8O2/c1-12(2)10-8-6-5-7-9-11-13(3)14(15)16-4;1-2-9-8-6-4-3-5-7-8;1-3-5-8-6(7)4-2/h12H,3,5-11H2,1-2,4H3;3-7H,2H2,1H3;3-4H,1-2,5H2. The lowest BCUT2D eigenvalue weighted by Crippen LogP contribution is -2.03. The zero-order valence-electron chi connectivity index (χ0n) is 21.1. The first-order valence-electron chi connectivity index (χ1n) is 11.7. The average Bonchev–Trinajstić information content (AvgIpc) is 2.82. The van der Waals surface area contributed by atoms with E-state index >= 15 is 0 Å². The molecule has 0 spiro atoms. The molecule has 0 heterocycles. The van der Waals surface area contributed by atoms with Gasteiger partial charge in [-0.15, -0.1) is 0 Å². The molecule has 0 aliphatic rings. The van der Waals surface area contributed by atoms with Crippen molar-refractivity contribution < 1.29 is 23.8 Å². The lowest BCUT2D eigenvalue weighted by atomic mass is 10.0. The predicted molar refractivity (Wildman–Crippen MR) is 137 cm³/mol. The van der Waals surface area contributed by atoms with Crippen LogP contribution in [0.1, 0.15) is 65.7 Å². The summed E-state index contributed by atoms with van der Waals surface area (Å²) in [6.07, 6.45) is 10.9. The first-order chi connectivity index (χ1) is 15.8. The summed E-state index contributed by atoms with van der Waals surface area (Å²) in [5.74, 6) is 1.09. The second-order valence-corrected chi connectivity index (χ2v) is 7.66. The highest BCUT2D eigenvalue weighted by Crippen LogP contribution is 2.13. The number of hydrogen-bond donors (Lipinski definition) is 0. The Morgan fingerprint density at radius 2 is 1.61 bits per heavy atom. The number of hydrogen-bond acceptors (Lipinski definition) is 5. The Morgan fingerprint density at radius 1 is 1.00 bits per heavy atom. The molecular formula is C28H44O5. The molecular weight excluding hydrogens is 416 g/mol. The third kappa shape index (κ3) is 23.7. The van der Waals surface area contributed by atoms with Gasteiger partial charge in [0.15, 0.2) is 0 Å². The van der Waals surface area contributed by atoms with Gasteiger partial charge in [-0.3, -0.25) is 0 Å². The van der Waals surface area contributed by atoms with Gasteiger partial charge in [-0.1, -0.05) is 90.0 Å². The van der Waals surface area contributed by atoms with Gasteiger partial charge in [0.25, 0.3) is 0 Å². The van der Waals surface area contributed by atoms with Gasteiger partial charge in [0.05, 0.1) is 13.7 Å². The summed E-state index contributed by atoms with van der Waals surface area (Å²) in [6.45, 7) is 17.8. The largest absolute Gasteiger partial charge is 0.494 e. The summed E-state index contributed by atoms with van der Waals surface area (Å²) in [5.41, 5.74) is 0.602. The van der Waals surface area contributed by atoms with Crippen LogP contribution < -0.4 is 4.74 Å². The maximum absolute atomic E-state index is 11.0. The van der Waals surface area contributed by atoms with Crippen LogP contribution in [-0.2, 0) is 19.1 Å². The van der Waals surface area contributed by atoms with Gasteiger partial charge in [-0.2, -0.15) is 0 Å². The predicted octanol–water partition coefficient (Wildman–Crippen LogP) is 7.09. The van der Waals surface area contributed by atoms with Crippen molar-refractivity contribution in [3.8, 4) is 5.75 Å². The van der Waals surface area contributed by atoms with E-state index in [2.05, 4.69) is 43.1 Å². The van der Waals surface area contributed by atoms with Crippen LogP contribution in [0.4, 0.5) is 0 Å². The van der Waals surface area contributed by atoms with Gasteiger partial charge in [-0.05, 0) is 37.8 Å². The fourth-order valence-corrected chi connectivity index (χ4v) is 2.55. The van der Waals surface area contributed by atoms with Crippen molar-refractivity contribution in [1.82, 2.24) is 0 Å². The molecule has 0 aliphatic carbocycles. The fourth-order valence-electron chi connectivity index (χ4n) is 2.55. The van der Waals surface area contributed by atoms with Crippen LogP contribution in [0.15, 0.2) is 67.8 Å². The van der Waals surface area contributed by atoms with Gasteiger partial charge in [0.1, 0.15) is 12.4 Å². The fraction of sp³-hybridized carbons (Fsp3) is 0.500. The van der Waals surface area contributed by atoms with Gasteiger partial charge in [-0.25, -0.2) is 9.59 Å². The van der Waals surface area contributed by atoms with E-state index in [9.17, 15) is 9.59 Å². The number of ether oxygens (including phenoxy) is 3. The summed E-state index contributed by atoms with van der Waals surface area (Å²) >= 11 is 0. The van der Waals surface area contributed by atoms with Crippen molar-refractivity contribution in [2.45, 2.75) is 65.7 Å². The molecule has 1 aromatic rings. The third-order valence-corrected chi connectivity index (χ3v) is 4.30. The number of para-hydroxylation sites is 1. The van der Waals surface area contributed by atoms with Crippen LogP contribution in [0, 0.1) is 5.92 Å². The Morgan fingerprint density at radius 3 is 2.12 bits per heavy atom. The van der Waals surface area contributed by atoms with Crippen LogP contribution in [0.2, 0.25) is 0 Å². The van der Waals surface area contributed by atoms with E-state index in [1.54, 1.807) is 0 Å². The lowest BCUT2D eigenvalue weighted by Gasteiger charge is -2.05. The molecule has 0 saturated carbocycles. The number of esters is 2. The molecule has 0 aromatic heterocycles. The number of benzene rings is 1. The number of carbonyl (C=O) groups excluding carboxylic acids is 2. The highest BCUT2D eigenvalue weighted by Gasteiger charge is 2.05. The summed E-state index contributed by atoms with van der Waals surface area (Å²) in [6, 6.07) is 9.80. The molecule has 5 heteroatoms. The minimum absolute atomic E-state index is 0.255. The second-order valence-electron chi connectivity index (χ2n) is 7.66. The zero-order chi connectivity index (χ0) is 25.3. The monoisotopic (exact) mass is 460 g/mol. The molecule has 0 saturated heterocycles. The number of carbonyl (C=O) groups is 2. The van der Waals surface area contributed by atoms with E-state index in [1.807, 2.05) is 37.3 Å². The molecule has 5 nitrogen and oxygen atoms in total. The number of unbranched alkanes of at least 4 members (excludes halogenated alkanes) is 4. The van der Waals surface area contributed by atoms with Gasteiger partial charge < -0.3 is 14.2 Å². The minimum Gasteiger partial charge on any atom is -0.494 e. The highest BCUT2D eigenvalue weighted by atomic mass is 16.5. The molecule has 0 N–H and O–H groups in total. The molecule has 0 atom stereocenters. The zero-order valence-corrected chi connectivity index (χ0v) is 21.1. The maximum Gasteiger partial charge on any atom is 0.333 e. The van der Waals surface area contributed by atoms with Gasteiger partial charge in [0, 0.05) is 11.6 Å². The SMILES string of the molecule is C=C(CCCCCCCC(C)C)C(=O)OC.C=CCOC(=O)C=C.CCOc1ccccc1. The van der Waals surface area contributed by atoms with Crippen molar-refractivity contribution in [2.75, 3.05) is 20.3 Å². The Labute approximate surface area is 201 Å². The summed E-state index contributed by atoms with van der Waals surface area (Å²) in [7, 11) is 1.40. The molecule has 1 aromatic carbocycles. The Kier molecular flexibility index (Phi) is 23.4. The van der Waals surface area contributed by atoms with Crippen molar-refractivity contribution in [3.63, 3.8) is 0 Å². The van der Waals surface area contributed by atoms with Crippen molar-refractivity contribution in [2.24, 2.45) is 5.92 Å². The van der Waals surface area contributed by atoms with Crippen LogP contribution in [0.5, 0.6) is 5.75 Å². The van der Waals surface area contributed by atoms with Crippen LogP contribution in [0.25, 0.3) is 0 Å². The number of methoxy groups -OCH3 is 1. The summed E-state index contributed by atoms with van der Waals surface area (Å²) < 4.78 is 14.3. The minimum atomic E-state index is -0.412. The Bertz CT molecular complexity index is 650. The maximum atomic E-state index is 11.0. The Hall–Kier alpha value is -2.82. The topological polar surface area (TPSA) is 61.8 Å². The molecule has 186 valence electrons. The van der Waals surface area contributed by atoms with Gasteiger partial charge in [0.2, 0.25) is 0 Å². The molecule has 0 fully saturated rings. The molecule has 0 unspecified atom stereocenters. The molecule has 0 aliphatic heterocycles. The first kappa shape index (κ1) is 32.4. The summed E-state index contributed by atoms with van der Waals surface area (Å²) in [5, 5.41) is 0. The summed E-state index contributed by atoms with van der Waals surface area (Å²) in [4.78, 5) is 21.2. The van der Waals surface area contributed by atoms with E-state index < -0.39 is 5.97 Å². The van der Waals surface area contributed by atoms with Crippen molar-refractivity contribution >= 4 is 11.9 Å². The van der Waals surface area contributed by atoms with Crippen LogP contribution in [-0.4, -0.2) is 32.3 Å². The Balaban J connectivity index is 0. The van der Waals surface area contributed by atoms with E-state index in [0.29, 0.717) is 5.57 Å². The van der Waals surface area contributed by atoms with Crippen LogP contribution >= 0.6 is 0 Å². The van der Waals surface area contributed by atoms with E-state index in [1.165, 1.54) is 45.3 Å². The van der Waals surface area contributed by atoms with E-state index in [-0.39, 0.29) is 12.6 Å². The van der Waals surface area contributed by atoms with E-state index in [0.717, 1.165) is 37.2 Å².